The lowest BCUT2D eigenvalue weighted by Gasteiger charge is -2.31. The number of hydrogen-bond donors (Lipinski definition) is 1. The average molecular weight is 366 g/mol. The van der Waals surface area contributed by atoms with Crippen molar-refractivity contribution in [2.24, 2.45) is 5.92 Å². The van der Waals surface area contributed by atoms with Crippen LogP contribution in [0.15, 0.2) is 40.9 Å². The zero-order valence-electron chi connectivity index (χ0n) is 13.2. The predicted octanol–water partition coefficient (Wildman–Crippen LogP) is 5.91. The molecule has 0 amide bonds. The van der Waals surface area contributed by atoms with Crippen molar-refractivity contribution in [2.75, 3.05) is 7.05 Å². The molecule has 0 aliphatic rings. The minimum absolute atomic E-state index is 0.359. The van der Waals surface area contributed by atoms with Crippen molar-refractivity contribution in [3.05, 3.63) is 56.2 Å². The molecule has 0 aliphatic heterocycles. The molecule has 0 radical (unpaired) electrons. The third-order valence-electron chi connectivity index (χ3n) is 4.29. The Labute approximate surface area is 140 Å². The molecule has 3 unspecified atom stereocenters. The molecule has 114 valence electrons. The first-order valence-corrected chi connectivity index (χ1v) is 9.17. The summed E-state index contributed by atoms with van der Waals surface area (Å²) in [6, 6.07) is 13.5. The molecule has 0 saturated carbocycles. The number of benzene rings is 1. The zero-order chi connectivity index (χ0) is 15.4. The maximum atomic E-state index is 3.66. The van der Waals surface area contributed by atoms with E-state index in [1.807, 2.05) is 11.3 Å². The molecule has 0 bridgehead atoms. The average Bonchev–Trinajstić information content (AvgIpc) is 2.84. The van der Waals surface area contributed by atoms with Crippen molar-refractivity contribution in [1.82, 2.24) is 5.32 Å². The van der Waals surface area contributed by atoms with Gasteiger partial charge in [0.05, 0.1) is 0 Å². The van der Waals surface area contributed by atoms with Gasteiger partial charge in [0.1, 0.15) is 0 Å². The summed E-state index contributed by atoms with van der Waals surface area (Å²) in [5.74, 6) is 1.12. The van der Waals surface area contributed by atoms with E-state index >= 15 is 0 Å². The van der Waals surface area contributed by atoms with E-state index in [1.54, 1.807) is 0 Å². The van der Waals surface area contributed by atoms with Crippen LogP contribution in [0.25, 0.3) is 0 Å². The minimum Gasteiger partial charge on any atom is -0.312 e. The fourth-order valence-electron chi connectivity index (χ4n) is 2.91. The summed E-state index contributed by atoms with van der Waals surface area (Å²) in [7, 11) is 2.08. The van der Waals surface area contributed by atoms with E-state index in [0.717, 1.165) is 0 Å². The van der Waals surface area contributed by atoms with Gasteiger partial charge in [0.15, 0.2) is 0 Å². The normalized spacial score (nSPS) is 15.7. The molecule has 0 spiro atoms. The fraction of sp³-hybridized carbons (Fsp3) is 0.444. The molecule has 3 atom stereocenters. The summed E-state index contributed by atoms with van der Waals surface area (Å²) in [4.78, 5) is 2.76. The second-order valence-corrected chi connectivity index (χ2v) is 7.78. The van der Waals surface area contributed by atoms with E-state index < -0.39 is 0 Å². The Balaban J connectivity index is 2.42. The van der Waals surface area contributed by atoms with Crippen LogP contribution < -0.4 is 5.32 Å². The fourth-order valence-corrected chi connectivity index (χ4v) is 4.63. The molecule has 0 fully saturated rings. The van der Waals surface area contributed by atoms with Crippen LogP contribution in [0.2, 0.25) is 0 Å². The largest absolute Gasteiger partial charge is 0.312 e. The Kier molecular flexibility index (Phi) is 6.03. The van der Waals surface area contributed by atoms with Crippen LogP contribution in [-0.4, -0.2) is 7.05 Å². The molecule has 2 rings (SSSR count). The predicted molar refractivity (Wildman–Crippen MR) is 97.2 cm³/mol. The van der Waals surface area contributed by atoms with Gasteiger partial charge in [-0.05, 0) is 47.4 Å². The maximum Gasteiger partial charge on any atom is 0.0485 e. The van der Waals surface area contributed by atoms with Gasteiger partial charge in [0.25, 0.3) is 0 Å². The molecule has 1 N–H and O–H groups in total. The first kappa shape index (κ1) is 16.7. The van der Waals surface area contributed by atoms with E-state index in [1.165, 1.54) is 26.2 Å². The second-order valence-electron chi connectivity index (χ2n) is 5.64. The summed E-state index contributed by atoms with van der Waals surface area (Å²) in [6.07, 6.45) is 1.18. The zero-order valence-corrected chi connectivity index (χ0v) is 15.6. The van der Waals surface area contributed by atoms with E-state index in [4.69, 9.17) is 0 Å². The van der Waals surface area contributed by atoms with Crippen molar-refractivity contribution in [3.63, 3.8) is 0 Å². The van der Waals surface area contributed by atoms with Crippen molar-refractivity contribution < 1.29 is 0 Å². The van der Waals surface area contributed by atoms with Crippen molar-refractivity contribution in [3.8, 4) is 0 Å². The van der Waals surface area contributed by atoms with Gasteiger partial charge in [0, 0.05) is 26.2 Å². The molecule has 1 heterocycles. The van der Waals surface area contributed by atoms with Crippen LogP contribution in [0.1, 0.15) is 47.5 Å². The maximum absolute atomic E-state index is 3.66. The highest BCUT2D eigenvalue weighted by Gasteiger charge is 2.29. The van der Waals surface area contributed by atoms with Gasteiger partial charge in [-0.15, -0.1) is 11.3 Å². The third kappa shape index (κ3) is 3.77. The molecular formula is C18H24BrNS. The Hall–Kier alpha value is -0.640. The molecule has 2 aromatic rings. The molecule has 1 nitrogen and oxygen atoms in total. The highest BCUT2D eigenvalue weighted by Crippen LogP contribution is 2.42. The summed E-state index contributed by atoms with van der Waals surface area (Å²) < 4.78 is 1.22. The van der Waals surface area contributed by atoms with Gasteiger partial charge >= 0.3 is 0 Å². The van der Waals surface area contributed by atoms with Crippen LogP contribution in [0, 0.1) is 12.8 Å². The molecular weight excluding hydrogens is 342 g/mol. The highest BCUT2D eigenvalue weighted by molar-refractivity contribution is 9.10. The van der Waals surface area contributed by atoms with Crippen molar-refractivity contribution in [2.45, 2.75) is 39.2 Å². The van der Waals surface area contributed by atoms with Gasteiger partial charge in [-0.1, -0.05) is 50.6 Å². The minimum atomic E-state index is 0.359. The topological polar surface area (TPSA) is 12.0 Å². The van der Waals surface area contributed by atoms with Gasteiger partial charge in [-0.25, -0.2) is 0 Å². The quantitative estimate of drug-likeness (QED) is 0.670. The number of rotatable bonds is 6. The standard InChI is InChI=1S/C18H24BrNS/c1-5-12(2)17(14-9-7-6-8-10-14)18(20-4)16-11-15(19)13(3)21-16/h6-12,17-18,20H,5H2,1-4H3. The lowest BCUT2D eigenvalue weighted by molar-refractivity contribution is 0.358. The van der Waals surface area contributed by atoms with Crippen LogP contribution in [-0.2, 0) is 0 Å². The number of likely N-dealkylation sites (N-methyl/N-ethyl adjacent to an activating group) is 1. The van der Waals surface area contributed by atoms with E-state index in [2.05, 4.69) is 85.5 Å². The van der Waals surface area contributed by atoms with Crippen molar-refractivity contribution in [1.29, 1.82) is 0 Å². The number of hydrogen-bond acceptors (Lipinski definition) is 2. The highest BCUT2D eigenvalue weighted by atomic mass is 79.9. The molecule has 0 saturated heterocycles. The van der Waals surface area contributed by atoms with E-state index in [-0.39, 0.29) is 0 Å². The second kappa shape index (κ2) is 7.57. The van der Waals surface area contributed by atoms with Gasteiger partial charge in [-0.2, -0.15) is 0 Å². The van der Waals surface area contributed by atoms with Crippen LogP contribution in [0.4, 0.5) is 0 Å². The van der Waals surface area contributed by atoms with E-state index in [9.17, 15) is 0 Å². The Morgan fingerprint density at radius 2 is 1.90 bits per heavy atom. The van der Waals surface area contributed by atoms with Crippen LogP contribution in [0.5, 0.6) is 0 Å². The van der Waals surface area contributed by atoms with E-state index in [0.29, 0.717) is 17.9 Å². The number of thiophene rings is 1. The summed E-state index contributed by atoms with van der Waals surface area (Å²) in [6.45, 7) is 6.81. The molecule has 21 heavy (non-hydrogen) atoms. The van der Waals surface area contributed by atoms with Gasteiger partial charge in [-0.3, -0.25) is 0 Å². The number of nitrogens with one attached hydrogen (secondary N) is 1. The first-order valence-electron chi connectivity index (χ1n) is 7.56. The lowest BCUT2D eigenvalue weighted by atomic mass is 9.79. The first-order chi connectivity index (χ1) is 10.1. The molecule has 1 aromatic heterocycles. The molecule has 1 aromatic carbocycles. The summed E-state index contributed by atoms with van der Waals surface area (Å²) in [5.41, 5.74) is 1.42. The lowest BCUT2D eigenvalue weighted by Crippen LogP contribution is -2.27. The Morgan fingerprint density at radius 1 is 1.24 bits per heavy atom. The smallest absolute Gasteiger partial charge is 0.0485 e. The number of aryl methyl sites for hydroxylation is 1. The Bertz CT molecular complexity index is 544. The van der Waals surface area contributed by atoms with Crippen molar-refractivity contribution >= 4 is 27.3 Å². The molecule has 3 heteroatoms. The van der Waals surface area contributed by atoms with Gasteiger partial charge < -0.3 is 5.32 Å². The Morgan fingerprint density at radius 3 is 2.38 bits per heavy atom. The summed E-state index contributed by atoms with van der Waals surface area (Å²) in [5, 5.41) is 3.56. The van der Waals surface area contributed by atoms with Crippen LogP contribution in [0.3, 0.4) is 0 Å². The monoisotopic (exact) mass is 365 g/mol. The van der Waals surface area contributed by atoms with Crippen LogP contribution >= 0.6 is 27.3 Å². The third-order valence-corrected chi connectivity index (χ3v) is 6.51. The molecule has 0 aliphatic carbocycles. The number of halogens is 1. The summed E-state index contributed by atoms with van der Waals surface area (Å²) >= 11 is 5.54. The van der Waals surface area contributed by atoms with Gasteiger partial charge in [0.2, 0.25) is 0 Å². The SMILES string of the molecule is CCC(C)C(c1ccccc1)C(NC)c1cc(Br)c(C)s1.